The predicted molar refractivity (Wildman–Crippen MR) is 209 cm³/mol. The summed E-state index contributed by atoms with van der Waals surface area (Å²) in [4.78, 5) is 43.4. The minimum Gasteiger partial charge on any atom is -0.497 e. The van der Waals surface area contributed by atoms with Crippen LogP contribution in [0.1, 0.15) is 82.4 Å². The highest BCUT2D eigenvalue weighted by Gasteiger charge is 2.24. The molecule has 2 amide bonds. The van der Waals surface area contributed by atoms with Gasteiger partial charge >= 0.3 is 5.97 Å². The topological polar surface area (TPSA) is 88.2 Å². The Bertz CT molecular complexity index is 1830. The quantitative estimate of drug-likeness (QED) is 0.134. The lowest BCUT2D eigenvalue weighted by molar-refractivity contribution is -0.131. The third-order valence-electron chi connectivity index (χ3n) is 10.9. The highest BCUT2D eigenvalue weighted by Crippen LogP contribution is 2.28. The first-order valence-corrected chi connectivity index (χ1v) is 19.2. The summed E-state index contributed by atoms with van der Waals surface area (Å²) in [6, 6.07) is 30.8. The van der Waals surface area contributed by atoms with Gasteiger partial charge in [0.2, 0.25) is 5.91 Å². The van der Waals surface area contributed by atoms with Gasteiger partial charge in [0.05, 0.1) is 26.2 Å². The molecule has 4 aromatic rings. The van der Waals surface area contributed by atoms with Gasteiger partial charge in [-0.1, -0.05) is 73.9 Å². The first kappa shape index (κ1) is 37.8. The van der Waals surface area contributed by atoms with Crippen LogP contribution in [0.25, 0.3) is 11.1 Å². The number of likely N-dealkylation sites (tertiary alicyclic amines) is 1. The van der Waals surface area contributed by atoms with E-state index in [1.165, 1.54) is 52.3 Å². The van der Waals surface area contributed by atoms with Gasteiger partial charge < -0.3 is 24.6 Å². The monoisotopic (exact) mass is 715 g/mol. The van der Waals surface area contributed by atoms with E-state index in [0.29, 0.717) is 30.0 Å². The van der Waals surface area contributed by atoms with Gasteiger partial charge in [-0.3, -0.25) is 9.59 Å². The Morgan fingerprint density at radius 3 is 2.06 bits per heavy atom. The molecule has 278 valence electrons. The van der Waals surface area contributed by atoms with Crippen LogP contribution in [0.2, 0.25) is 0 Å². The molecule has 8 heteroatoms. The second-order valence-corrected chi connectivity index (χ2v) is 14.6. The minimum atomic E-state index is -0.400. The van der Waals surface area contributed by atoms with Gasteiger partial charge in [-0.05, 0) is 121 Å². The van der Waals surface area contributed by atoms with Gasteiger partial charge in [0, 0.05) is 31.7 Å². The van der Waals surface area contributed by atoms with Crippen LogP contribution >= 0.6 is 0 Å². The predicted octanol–water partition coefficient (Wildman–Crippen LogP) is 7.94. The van der Waals surface area contributed by atoms with Gasteiger partial charge in [0.25, 0.3) is 5.91 Å². The van der Waals surface area contributed by atoms with Gasteiger partial charge in [0.1, 0.15) is 5.75 Å². The summed E-state index contributed by atoms with van der Waals surface area (Å²) in [7, 11) is 2.98. The third-order valence-corrected chi connectivity index (χ3v) is 10.9. The minimum absolute atomic E-state index is 0.0289. The Morgan fingerprint density at radius 2 is 1.34 bits per heavy atom. The number of hydrogen-bond acceptors (Lipinski definition) is 6. The summed E-state index contributed by atoms with van der Waals surface area (Å²) >= 11 is 0. The van der Waals surface area contributed by atoms with E-state index >= 15 is 0 Å². The Balaban J connectivity index is 1.11. The smallest absolute Gasteiger partial charge is 0.337 e. The number of nitrogens with one attached hydrogen (secondary N) is 1. The van der Waals surface area contributed by atoms with E-state index in [0.717, 1.165) is 65.6 Å². The molecule has 0 saturated carbocycles. The third kappa shape index (κ3) is 10.6. The molecular weight excluding hydrogens is 663 g/mol. The van der Waals surface area contributed by atoms with E-state index in [4.69, 9.17) is 9.47 Å². The standard InChI is InChI=1S/C45H53N3O5/c1-52-42-14-5-9-36(28-42)29-43(49)48(31-35-15-17-38(18-16-35)45(51)53-2)32-37-10-4-11-39(27-37)40-12-6-13-41(30-40)44(50)47-25-21-34(22-26-47)8-3-7-33-19-23-46-24-20-33/h4-6,9-18,27-28,30,33-34,46H,3,7-8,19-26,29,31-32H2,1-2H3. The van der Waals surface area contributed by atoms with E-state index < -0.39 is 5.97 Å². The number of carbonyl (C=O) groups is 3. The zero-order chi connectivity index (χ0) is 37.0. The van der Waals surface area contributed by atoms with Gasteiger partial charge in [-0.2, -0.15) is 0 Å². The van der Waals surface area contributed by atoms with E-state index in [1.807, 2.05) is 82.6 Å². The molecular formula is C45H53N3O5. The van der Waals surface area contributed by atoms with Crippen molar-refractivity contribution in [2.75, 3.05) is 40.4 Å². The zero-order valence-corrected chi connectivity index (χ0v) is 31.2. The summed E-state index contributed by atoms with van der Waals surface area (Å²) in [5.74, 6) is 1.98. The molecule has 0 bridgehead atoms. The number of rotatable bonds is 14. The number of carbonyl (C=O) groups excluding carboxylic acids is 3. The molecule has 2 heterocycles. The Labute approximate surface area is 314 Å². The Hall–Kier alpha value is -4.95. The summed E-state index contributed by atoms with van der Waals surface area (Å²) in [5.41, 5.74) is 5.88. The van der Waals surface area contributed by atoms with Crippen LogP contribution in [-0.4, -0.2) is 68.0 Å². The molecule has 0 atom stereocenters. The molecule has 6 rings (SSSR count). The first-order chi connectivity index (χ1) is 25.9. The molecule has 0 radical (unpaired) electrons. The van der Waals surface area contributed by atoms with E-state index in [9.17, 15) is 14.4 Å². The number of ether oxygens (including phenoxy) is 2. The largest absolute Gasteiger partial charge is 0.497 e. The maximum atomic E-state index is 13.9. The molecule has 53 heavy (non-hydrogen) atoms. The van der Waals surface area contributed by atoms with Crippen LogP contribution in [0.15, 0.2) is 97.1 Å². The van der Waals surface area contributed by atoms with Crippen molar-refractivity contribution in [3.8, 4) is 16.9 Å². The molecule has 0 spiro atoms. The van der Waals surface area contributed by atoms with Crippen LogP contribution in [-0.2, 0) is 29.0 Å². The van der Waals surface area contributed by atoms with Crippen LogP contribution in [0.3, 0.4) is 0 Å². The van der Waals surface area contributed by atoms with Crippen LogP contribution < -0.4 is 10.1 Å². The Morgan fingerprint density at radius 1 is 0.698 bits per heavy atom. The fourth-order valence-electron chi connectivity index (χ4n) is 7.76. The number of esters is 1. The number of amides is 2. The normalized spacial score (nSPS) is 15.2. The molecule has 2 aliphatic rings. The van der Waals surface area contributed by atoms with E-state index in [-0.39, 0.29) is 18.2 Å². The molecule has 0 aliphatic carbocycles. The lowest BCUT2D eigenvalue weighted by Crippen LogP contribution is -2.38. The van der Waals surface area contributed by atoms with E-state index in [1.54, 1.807) is 19.2 Å². The molecule has 0 aromatic heterocycles. The highest BCUT2D eigenvalue weighted by molar-refractivity contribution is 5.95. The summed E-state index contributed by atoms with van der Waals surface area (Å²) in [6.07, 6.45) is 8.96. The maximum Gasteiger partial charge on any atom is 0.337 e. The molecule has 8 nitrogen and oxygen atoms in total. The second kappa shape index (κ2) is 18.7. The van der Waals surface area contributed by atoms with Crippen molar-refractivity contribution in [2.24, 2.45) is 11.8 Å². The highest BCUT2D eigenvalue weighted by atomic mass is 16.5. The Kier molecular flexibility index (Phi) is 13.3. The summed E-state index contributed by atoms with van der Waals surface area (Å²) < 4.78 is 10.2. The van der Waals surface area contributed by atoms with E-state index in [2.05, 4.69) is 17.4 Å². The number of methoxy groups -OCH3 is 2. The van der Waals surface area contributed by atoms with Crippen molar-refractivity contribution in [1.82, 2.24) is 15.1 Å². The number of nitrogens with zero attached hydrogens (tertiary/aromatic N) is 2. The van der Waals surface area contributed by atoms with Crippen LogP contribution in [0.5, 0.6) is 5.75 Å². The van der Waals surface area contributed by atoms with Crippen molar-refractivity contribution in [3.63, 3.8) is 0 Å². The van der Waals surface area contributed by atoms with Crippen molar-refractivity contribution in [1.29, 1.82) is 0 Å². The van der Waals surface area contributed by atoms with Crippen LogP contribution in [0, 0.1) is 11.8 Å². The van der Waals surface area contributed by atoms with Gasteiger partial charge in [0.15, 0.2) is 0 Å². The van der Waals surface area contributed by atoms with Crippen molar-refractivity contribution in [3.05, 3.63) is 125 Å². The molecule has 2 aliphatic heterocycles. The number of hydrogen-bond donors (Lipinski definition) is 1. The number of piperidine rings is 2. The average molecular weight is 716 g/mol. The second-order valence-electron chi connectivity index (χ2n) is 14.6. The van der Waals surface area contributed by atoms with Crippen molar-refractivity contribution in [2.45, 2.75) is 64.5 Å². The molecule has 1 N–H and O–H groups in total. The van der Waals surface area contributed by atoms with Crippen molar-refractivity contribution >= 4 is 17.8 Å². The van der Waals surface area contributed by atoms with Crippen LogP contribution in [0.4, 0.5) is 0 Å². The number of benzene rings is 4. The molecule has 0 unspecified atom stereocenters. The molecule has 4 aromatic carbocycles. The lowest BCUT2D eigenvalue weighted by Gasteiger charge is -2.32. The maximum absolute atomic E-state index is 13.9. The lowest BCUT2D eigenvalue weighted by atomic mass is 9.87. The molecule has 2 fully saturated rings. The van der Waals surface area contributed by atoms with Gasteiger partial charge in [-0.25, -0.2) is 4.79 Å². The average Bonchev–Trinajstić information content (AvgIpc) is 3.21. The fourth-order valence-corrected chi connectivity index (χ4v) is 7.76. The first-order valence-electron chi connectivity index (χ1n) is 19.2. The zero-order valence-electron chi connectivity index (χ0n) is 31.2. The van der Waals surface area contributed by atoms with Gasteiger partial charge in [-0.15, -0.1) is 0 Å². The SMILES string of the molecule is COC(=O)c1ccc(CN(Cc2cccc(-c3cccc(C(=O)N4CCC(CCCC5CCNCC5)CC4)c3)c2)C(=O)Cc2cccc(OC)c2)cc1. The summed E-state index contributed by atoms with van der Waals surface area (Å²) in [5, 5.41) is 3.47. The molecule has 2 saturated heterocycles. The summed E-state index contributed by atoms with van der Waals surface area (Å²) in [6.45, 7) is 4.73. The fraction of sp³-hybridized carbons (Fsp3) is 0.400. The van der Waals surface area contributed by atoms with Crippen molar-refractivity contribution < 1.29 is 23.9 Å².